The molecule has 4 nitrogen and oxygen atoms in total. The third-order valence-electron chi connectivity index (χ3n) is 3.10. The summed E-state index contributed by atoms with van der Waals surface area (Å²) in [5, 5.41) is 0. The lowest BCUT2D eigenvalue weighted by molar-refractivity contribution is -0.137. The molecule has 1 rings (SSSR count). The summed E-state index contributed by atoms with van der Waals surface area (Å²) in [7, 11) is 1.63. The summed E-state index contributed by atoms with van der Waals surface area (Å²) in [5.74, 6) is 0.795. The number of hydrogen-bond acceptors (Lipinski definition) is 3. The summed E-state index contributed by atoms with van der Waals surface area (Å²) in [4.78, 5) is 13.8. The van der Waals surface area contributed by atoms with E-state index in [2.05, 4.69) is 0 Å². The Kier molecular flexibility index (Phi) is 7.72. The normalized spacial score (nSPS) is 19.1. The Hall–Kier alpha value is -0.320. The van der Waals surface area contributed by atoms with E-state index in [0.717, 1.165) is 32.5 Å². The summed E-state index contributed by atoms with van der Waals surface area (Å²) in [6, 6.07) is 0. The van der Waals surface area contributed by atoms with Crippen LogP contribution in [0, 0.1) is 11.8 Å². The first kappa shape index (κ1) is 15.7. The lowest BCUT2D eigenvalue weighted by Crippen LogP contribution is -2.43. The molecule has 5 heteroatoms. The van der Waals surface area contributed by atoms with Gasteiger partial charge in [-0.25, -0.2) is 0 Å². The molecule has 0 aromatic rings. The molecule has 1 fully saturated rings. The highest BCUT2D eigenvalue weighted by molar-refractivity contribution is 5.85. The Balaban J connectivity index is 0.00000225. The minimum absolute atomic E-state index is 0. The maximum absolute atomic E-state index is 11.9. The zero-order valence-electron chi connectivity index (χ0n) is 10.1. The second kappa shape index (κ2) is 7.87. The number of piperidine rings is 1. The predicted octanol–water partition coefficient (Wildman–Crippen LogP) is 0.888. The Labute approximate surface area is 104 Å². The highest BCUT2D eigenvalue weighted by atomic mass is 35.5. The highest BCUT2D eigenvalue weighted by Crippen LogP contribution is 2.17. The molecule has 1 aliphatic rings. The van der Waals surface area contributed by atoms with E-state index in [4.69, 9.17) is 10.5 Å². The number of nitrogens with zero attached hydrogens (tertiary/aromatic N) is 1. The largest absolute Gasteiger partial charge is 0.384 e. The maximum Gasteiger partial charge on any atom is 0.227 e. The zero-order chi connectivity index (χ0) is 11.3. The number of nitrogens with two attached hydrogens (primary N) is 1. The van der Waals surface area contributed by atoms with Gasteiger partial charge in [-0.15, -0.1) is 12.4 Å². The van der Waals surface area contributed by atoms with Crippen molar-refractivity contribution in [3.05, 3.63) is 0 Å². The van der Waals surface area contributed by atoms with Gasteiger partial charge in [0.05, 0.1) is 12.5 Å². The van der Waals surface area contributed by atoms with Crippen LogP contribution in [0.5, 0.6) is 0 Å². The van der Waals surface area contributed by atoms with Gasteiger partial charge < -0.3 is 15.4 Å². The van der Waals surface area contributed by atoms with Crippen molar-refractivity contribution in [2.45, 2.75) is 19.8 Å². The van der Waals surface area contributed by atoms with E-state index in [-0.39, 0.29) is 24.2 Å². The van der Waals surface area contributed by atoms with Gasteiger partial charge in [0.15, 0.2) is 0 Å². The smallest absolute Gasteiger partial charge is 0.227 e. The molecule has 1 aliphatic heterocycles. The van der Waals surface area contributed by atoms with Gasteiger partial charge >= 0.3 is 0 Å². The van der Waals surface area contributed by atoms with Gasteiger partial charge in [-0.05, 0) is 25.3 Å². The highest BCUT2D eigenvalue weighted by Gasteiger charge is 2.25. The lowest BCUT2D eigenvalue weighted by atomic mass is 9.96. The first-order chi connectivity index (χ1) is 7.19. The topological polar surface area (TPSA) is 55.6 Å². The predicted molar refractivity (Wildman–Crippen MR) is 66.6 cm³/mol. The number of methoxy groups -OCH3 is 1. The molecule has 1 amide bonds. The second-order valence-electron chi connectivity index (χ2n) is 4.36. The summed E-state index contributed by atoms with van der Waals surface area (Å²) in [6.45, 7) is 4.88. The van der Waals surface area contributed by atoms with Gasteiger partial charge in [-0.3, -0.25) is 4.79 Å². The number of carbonyl (C=O) groups excluding carboxylic acids is 1. The zero-order valence-corrected chi connectivity index (χ0v) is 11.0. The number of halogens is 1. The summed E-state index contributed by atoms with van der Waals surface area (Å²) in [6.07, 6.45) is 2.09. The first-order valence-corrected chi connectivity index (χ1v) is 5.66. The molecule has 1 atom stereocenters. The fourth-order valence-corrected chi connectivity index (χ4v) is 2.02. The molecule has 0 saturated carbocycles. The fraction of sp³-hybridized carbons (Fsp3) is 0.909. The van der Waals surface area contributed by atoms with Crippen molar-refractivity contribution in [1.82, 2.24) is 4.90 Å². The molecule has 0 aromatic heterocycles. The molecule has 96 valence electrons. The van der Waals surface area contributed by atoms with Crippen LogP contribution in [-0.2, 0) is 9.53 Å². The molecule has 16 heavy (non-hydrogen) atoms. The van der Waals surface area contributed by atoms with Crippen LogP contribution in [0.2, 0.25) is 0 Å². The monoisotopic (exact) mass is 250 g/mol. The fourth-order valence-electron chi connectivity index (χ4n) is 2.02. The number of hydrogen-bond donors (Lipinski definition) is 1. The van der Waals surface area contributed by atoms with Crippen LogP contribution in [0.4, 0.5) is 0 Å². The number of rotatable bonds is 4. The molecule has 0 aliphatic carbocycles. The Morgan fingerprint density at radius 1 is 1.50 bits per heavy atom. The molecule has 0 bridgehead atoms. The minimum Gasteiger partial charge on any atom is -0.384 e. The third kappa shape index (κ3) is 4.28. The van der Waals surface area contributed by atoms with Gasteiger partial charge in [0.2, 0.25) is 5.91 Å². The van der Waals surface area contributed by atoms with E-state index >= 15 is 0 Å². The molecular formula is C11H23ClN2O2. The molecule has 1 unspecified atom stereocenters. The van der Waals surface area contributed by atoms with Crippen molar-refractivity contribution < 1.29 is 9.53 Å². The van der Waals surface area contributed by atoms with Crippen LogP contribution in [0.1, 0.15) is 19.8 Å². The Morgan fingerprint density at radius 2 is 2.06 bits per heavy atom. The molecule has 0 spiro atoms. The van der Waals surface area contributed by atoms with E-state index in [1.54, 1.807) is 7.11 Å². The van der Waals surface area contributed by atoms with Crippen molar-refractivity contribution in [3.8, 4) is 0 Å². The average Bonchev–Trinajstić information content (AvgIpc) is 2.28. The van der Waals surface area contributed by atoms with E-state index in [1.807, 2.05) is 11.8 Å². The van der Waals surface area contributed by atoms with Crippen molar-refractivity contribution in [1.29, 1.82) is 0 Å². The van der Waals surface area contributed by atoms with Crippen molar-refractivity contribution in [2.75, 3.05) is 33.4 Å². The van der Waals surface area contributed by atoms with Gasteiger partial charge in [0.25, 0.3) is 0 Å². The molecule has 1 heterocycles. The first-order valence-electron chi connectivity index (χ1n) is 5.66. The van der Waals surface area contributed by atoms with Crippen LogP contribution in [0.15, 0.2) is 0 Å². The van der Waals surface area contributed by atoms with E-state index < -0.39 is 0 Å². The minimum atomic E-state index is -0.0237. The molecule has 1 saturated heterocycles. The van der Waals surface area contributed by atoms with E-state index in [9.17, 15) is 4.79 Å². The van der Waals surface area contributed by atoms with Crippen LogP contribution >= 0.6 is 12.4 Å². The van der Waals surface area contributed by atoms with Crippen molar-refractivity contribution in [2.24, 2.45) is 17.6 Å². The summed E-state index contributed by atoms with van der Waals surface area (Å²) < 4.78 is 4.99. The third-order valence-corrected chi connectivity index (χ3v) is 3.10. The quantitative estimate of drug-likeness (QED) is 0.806. The van der Waals surface area contributed by atoms with Crippen molar-refractivity contribution >= 4 is 18.3 Å². The number of amides is 1. The number of likely N-dealkylation sites (tertiary alicyclic amines) is 1. The van der Waals surface area contributed by atoms with Crippen LogP contribution < -0.4 is 5.73 Å². The van der Waals surface area contributed by atoms with Crippen LogP contribution in [0.25, 0.3) is 0 Å². The van der Waals surface area contributed by atoms with Gasteiger partial charge in [-0.1, -0.05) is 6.92 Å². The SMILES string of the molecule is COCC(C)C(=O)N1CCC(CN)CC1.Cl. The Bertz CT molecular complexity index is 206. The molecule has 0 aromatic carbocycles. The van der Waals surface area contributed by atoms with E-state index in [0.29, 0.717) is 12.5 Å². The molecular weight excluding hydrogens is 228 g/mol. The molecule has 2 N–H and O–H groups in total. The summed E-state index contributed by atoms with van der Waals surface area (Å²) in [5.41, 5.74) is 5.61. The number of ether oxygens (including phenoxy) is 1. The van der Waals surface area contributed by atoms with Crippen LogP contribution in [0.3, 0.4) is 0 Å². The standard InChI is InChI=1S/C11H22N2O2.ClH/c1-9(8-15-2)11(14)13-5-3-10(7-12)4-6-13;/h9-10H,3-8,12H2,1-2H3;1H. The van der Waals surface area contributed by atoms with E-state index in [1.165, 1.54) is 0 Å². The van der Waals surface area contributed by atoms with Crippen LogP contribution in [-0.4, -0.2) is 44.2 Å². The van der Waals surface area contributed by atoms with Gasteiger partial charge in [0, 0.05) is 20.2 Å². The lowest BCUT2D eigenvalue weighted by Gasteiger charge is -2.33. The second-order valence-corrected chi connectivity index (χ2v) is 4.36. The van der Waals surface area contributed by atoms with Crippen molar-refractivity contribution in [3.63, 3.8) is 0 Å². The Morgan fingerprint density at radius 3 is 2.50 bits per heavy atom. The average molecular weight is 251 g/mol. The summed E-state index contributed by atoms with van der Waals surface area (Å²) >= 11 is 0. The van der Waals surface area contributed by atoms with Gasteiger partial charge in [0.1, 0.15) is 0 Å². The number of carbonyl (C=O) groups is 1. The molecule has 0 radical (unpaired) electrons. The maximum atomic E-state index is 11.9. The van der Waals surface area contributed by atoms with Gasteiger partial charge in [-0.2, -0.15) is 0 Å².